The lowest BCUT2D eigenvalue weighted by Gasteiger charge is -2.13. The maximum atomic E-state index is 12.3. The van der Waals surface area contributed by atoms with Crippen LogP contribution in [0.15, 0.2) is 60.9 Å². The first kappa shape index (κ1) is 15.7. The van der Waals surface area contributed by atoms with Crippen LogP contribution < -0.4 is 15.2 Å². The molecule has 124 valence electrons. The van der Waals surface area contributed by atoms with Crippen molar-refractivity contribution in [3.8, 4) is 22.9 Å². The lowest BCUT2D eigenvalue weighted by molar-refractivity contribution is -0.274. The standard InChI is InChI=1S/C16H12F3N3O2/c17-16(18,19)24-13-4-1-3-12(10-13)23-15-9-11(20)5-6-14(15)22-8-2-7-21-22/h1-10H,20H2. The normalized spacial score (nSPS) is 11.3. The molecular formula is C16H12F3N3O2. The fourth-order valence-electron chi connectivity index (χ4n) is 2.07. The van der Waals surface area contributed by atoms with Gasteiger partial charge < -0.3 is 15.2 Å². The highest BCUT2D eigenvalue weighted by atomic mass is 19.4. The van der Waals surface area contributed by atoms with Crippen LogP contribution >= 0.6 is 0 Å². The van der Waals surface area contributed by atoms with Crippen LogP contribution in [-0.4, -0.2) is 16.1 Å². The number of halogens is 3. The third kappa shape index (κ3) is 3.78. The molecule has 0 spiro atoms. The summed E-state index contributed by atoms with van der Waals surface area (Å²) in [5, 5.41) is 4.11. The quantitative estimate of drug-likeness (QED) is 0.728. The number of nitrogen functional groups attached to an aromatic ring is 1. The van der Waals surface area contributed by atoms with E-state index in [0.717, 1.165) is 6.07 Å². The predicted octanol–water partition coefficient (Wildman–Crippen LogP) is 4.15. The first-order chi connectivity index (χ1) is 11.4. The van der Waals surface area contributed by atoms with Crippen molar-refractivity contribution in [2.24, 2.45) is 0 Å². The highest BCUT2D eigenvalue weighted by Crippen LogP contribution is 2.32. The van der Waals surface area contributed by atoms with Crippen molar-refractivity contribution in [3.63, 3.8) is 0 Å². The van der Waals surface area contributed by atoms with Crippen LogP contribution in [0.2, 0.25) is 0 Å². The molecule has 0 atom stereocenters. The fraction of sp³-hybridized carbons (Fsp3) is 0.0625. The maximum absolute atomic E-state index is 12.3. The summed E-state index contributed by atoms with van der Waals surface area (Å²) in [6.07, 6.45) is -1.46. The minimum absolute atomic E-state index is 0.177. The van der Waals surface area contributed by atoms with Crippen molar-refractivity contribution in [1.82, 2.24) is 9.78 Å². The van der Waals surface area contributed by atoms with Crippen molar-refractivity contribution >= 4 is 5.69 Å². The van der Waals surface area contributed by atoms with Crippen LogP contribution in [0.4, 0.5) is 18.9 Å². The van der Waals surface area contributed by atoms with E-state index in [0.29, 0.717) is 17.1 Å². The topological polar surface area (TPSA) is 62.3 Å². The van der Waals surface area contributed by atoms with E-state index in [2.05, 4.69) is 9.84 Å². The zero-order valence-corrected chi connectivity index (χ0v) is 12.2. The largest absolute Gasteiger partial charge is 0.573 e. The molecule has 1 heterocycles. The molecule has 5 nitrogen and oxygen atoms in total. The minimum Gasteiger partial charge on any atom is -0.455 e. The second-order valence-electron chi connectivity index (χ2n) is 4.80. The SMILES string of the molecule is Nc1ccc(-n2cccn2)c(Oc2cccc(OC(F)(F)F)c2)c1. The number of hydrogen-bond donors (Lipinski definition) is 1. The molecule has 0 fully saturated rings. The smallest absolute Gasteiger partial charge is 0.455 e. The molecule has 2 N–H and O–H groups in total. The highest BCUT2D eigenvalue weighted by molar-refractivity contribution is 5.56. The number of hydrogen-bond acceptors (Lipinski definition) is 4. The number of alkyl halides is 3. The summed E-state index contributed by atoms with van der Waals surface area (Å²) in [6, 6.07) is 11.9. The van der Waals surface area contributed by atoms with E-state index >= 15 is 0 Å². The van der Waals surface area contributed by atoms with Crippen molar-refractivity contribution in [3.05, 3.63) is 60.9 Å². The molecule has 3 rings (SSSR count). The van der Waals surface area contributed by atoms with Gasteiger partial charge in [0.05, 0.1) is 0 Å². The number of anilines is 1. The maximum Gasteiger partial charge on any atom is 0.573 e. The number of nitrogens with two attached hydrogens (primary N) is 1. The summed E-state index contributed by atoms with van der Waals surface area (Å²) in [5.41, 5.74) is 6.81. The first-order valence-corrected chi connectivity index (χ1v) is 6.84. The molecule has 8 heteroatoms. The van der Waals surface area contributed by atoms with Gasteiger partial charge in [-0.25, -0.2) is 4.68 Å². The molecule has 0 aliphatic carbocycles. The highest BCUT2D eigenvalue weighted by Gasteiger charge is 2.31. The van der Waals surface area contributed by atoms with E-state index in [-0.39, 0.29) is 11.5 Å². The Morgan fingerprint density at radius 1 is 1.00 bits per heavy atom. The summed E-state index contributed by atoms with van der Waals surface area (Å²) in [5.74, 6) is 0.156. The van der Waals surface area contributed by atoms with E-state index in [1.54, 1.807) is 41.3 Å². The third-order valence-electron chi connectivity index (χ3n) is 3.00. The van der Waals surface area contributed by atoms with Gasteiger partial charge in [0.2, 0.25) is 0 Å². The average molecular weight is 335 g/mol. The molecule has 0 aliphatic heterocycles. The van der Waals surface area contributed by atoms with Crippen LogP contribution in [0.3, 0.4) is 0 Å². The monoisotopic (exact) mass is 335 g/mol. The van der Waals surface area contributed by atoms with Crippen LogP contribution in [0.5, 0.6) is 17.2 Å². The number of aromatic nitrogens is 2. The summed E-state index contributed by atoms with van der Waals surface area (Å²) in [4.78, 5) is 0. The Morgan fingerprint density at radius 2 is 1.79 bits per heavy atom. The Morgan fingerprint density at radius 3 is 2.50 bits per heavy atom. The molecule has 0 aliphatic rings. The Bertz CT molecular complexity index is 833. The lowest BCUT2D eigenvalue weighted by Crippen LogP contribution is -2.17. The van der Waals surface area contributed by atoms with Gasteiger partial charge in [-0.15, -0.1) is 13.2 Å². The van der Waals surface area contributed by atoms with E-state index < -0.39 is 6.36 Å². The lowest BCUT2D eigenvalue weighted by atomic mass is 10.2. The van der Waals surface area contributed by atoms with Gasteiger partial charge in [-0.2, -0.15) is 5.10 Å². The van der Waals surface area contributed by atoms with Crippen LogP contribution in [0.25, 0.3) is 5.69 Å². The number of benzene rings is 2. The van der Waals surface area contributed by atoms with Gasteiger partial charge in [-0.05, 0) is 30.3 Å². The van der Waals surface area contributed by atoms with Gasteiger partial charge in [0.1, 0.15) is 17.2 Å². The van der Waals surface area contributed by atoms with Gasteiger partial charge in [0.15, 0.2) is 5.75 Å². The van der Waals surface area contributed by atoms with E-state index in [4.69, 9.17) is 10.5 Å². The van der Waals surface area contributed by atoms with Crippen molar-refractivity contribution in [2.45, 2.75) is 6.36 Å². The minimum atomic E-state index is -4.77. The van der Waals surface area contributed by atoms with Gasteiger partial charge in [0.25, 0.3) is 0 Å². The van der Waals surface area contributed by atoms with E-state index in [1.165, 1.54) is 18.2 Å². The Labute approximate surface area is 135 Å². The molecule has 1 aromatic heterocycles. The number of ether oxygens (including phenoxy) is 2. The molecule has 0 saturated heterocycles. The number of rotatable bonds is 4. The molecule has 0 saturated carbocycles. The molecule has 2 aromatic carbocycles. The zero-order valence-electron chi connectivity index (χ0n) is 12.2. The Balaban J connectivity index is 1.91. The van der Waals surface area contributed by atoms with Gasteiger partial charge in [0, 0.05) is 30.2 Å². The second-order valence-corrected chi connectivity index (χ2v) is 4.80. The van der Waals surface area contributed by atoms with Crippen molar-refractivity contribution < 1.29 is 22.6 Å². The summed E-state index contributed by atoms with van der Waals surface area (Å²) >= 11 is 0. The number of nitrogens with zero attached hydrogens (tertiary/aromatic N) is 2. The second kappa shape index (κ2) is 6.15. The summed E-state index contributed by atoms with van der Waals surface area (Å²) in [7, 11) is 0. The van der Waals surface area contributed by atoms with Crippen LogP contribution in [0.1, 0.15) is 0 Å². The summed E-state index contributed by atoms with van der Waals surface area (Å²) < 4.78 is 48.1. The average Bonchev–Trinajstić information content (AvgIpc) is 3.00. The van der Waals surface area contributed by atoms with Gasteiger partial charge in [-0.3, -0.25) is 0 Å². The van der Waals surface area contributed by atoms with Crippen LogP contribution in [-0.2, 0) is 0 Å². The van der Waals surface area contributed by atoms with Crippen molar-refractivity contribution in [1.29, 1.82) is 0 Å². The molecule has 0 bridgehead atoms. The zero-order chi connectivity index (χ0) is 17.2. The van der Waals surface area contributed by atoms with Gasteiger partial charge >= 0.3 is 6.36 Å². The Kier molecular flexibility index (Phi) is 4.03. The van der Waals surface area contributed by atoms with Crippen LogP contribution in [0, 0.1) is 0 Å². The molecule has 0 unspecified atom stereocenters. The molecule has 3 aromatic rings. The van der Waals surface area contributed by atoms with E-state index in [1.807, 2.05) is 0 Å². The predicted molar refractivity (Wildman–Crippen MR) is 81.2 cm³/mol. The first-order valence-electron chi connectivity index (χ1n) is 6.84. The fourth-order valence-corrected chi connectivity index (χ4v) is 2.07. The van der Waals surface area contributed by atoms with Crippen molar-refractivity contribution in [2.75, 3.05) is 5.73 Å². The summed E-state index contributed by atoms with van der Waals surface area (Å²) in [6.45, 7) is 0. The van der Waals surface area contributed by atoms with E-state index in [9.17, 15) is 13.2 Å². The van der Waals surface area contributed by atoms with Gasteiger partial charge in [-0.1, -0.05) is 6.07 Å². The Hall–Kier alpha value is -3.16. The molecule has 0 radical (unpaired) electrons. The molecular weight excluding hydrogens is 323 g/mol. The molecule has 0 amide bonds. The molecule has 24 heavy (non-hydrogen) atoms. The third-order valence-corrected chi connectivity index (χ3v) is 3.00.